The molecule has 0 radical (unpaired) electrons. The summed E-state index contributed by atoms with van der Waals surface area (Å²) in [5.74, 6) is -5.00. The Labute approximate surface area is 251 Å². The van der Waals surface area contributed by atoms with Crippen LogP contribution in [0.2, 0.25) is 5.02 Å². The molecule has 1 aromatic heterocycles. The maximum absolute atomic E-state index is 12.9. The zero-order chi connectivity index (χ0) is 32.9. The van der Waals surface area contributed by atoms with Crippen LogP contribution in [0.4, 0.5) is 26.3 Å². The van der Waals surface area contributed by atoms with Gasteiger partial charge in [-0.25, -0.2) is 9.59 Å². The number of carbonyl (C=O) groups is 4. The van der Waals surface area contributed by atoms with Crippen molar-refractivity contribution < 1.29 is 55.7 Å². The Balaban J connectivity index is 0.000000317. The normalized spacial score (nSPS) is 20.9. The molecule has 3 N–H and O–H groups in total. The van der Waals surface area contributed by atoms with Gasteiger partial charge in [0, 0.05) is 67.2 Å². The van der Waals surface area contributed by atoms with Crippen LogP contribution in [0.25, 0.3) is 0 Å². The quantitative estimate of drug-likeness (QED) is 0.425. The fourth-order valence-electron chi connectivity index (χ4n) is 5.43. The van der Waals surface area contributed by atoms with E-state index in [0.29, 0.717) is 29.6 Å². The van der Waals surface area contributed by atoms with Gasteiger partial charge in [0.25, 0.3) is 5.91 Å². The molecule has 2 aromatic rings. The fourth-order valence-corrected chi connectivity index (χ4v) is 5.62. The summed E-state index contributed by atoms with van der Waals surface area (Å²) >= 11 is 6.05. The maximum atomic E-state index is 12.9. The summed E-state index contributed by atoms with van der Waals surface area (Å²) in [5, 5.41) is 18.1. The van der Waals surface area contributed by atoms with Crippen molar-refractivity contribution in [3.63, 3.8) is 0 Å². The molecule has 240 valence electrons. The number of likely N-dealkylation sites (tertiary alicyclic amines) is 2. The van der Waals surface area contributed by atoms with Crippen LogP contribution in [0.5, 0.6) is 0 Å². The Bertz CT molecular complexity index is 1330. The van der Waals surface area contributed by atoms with Crippen molar-refractivity contribution in [2.45, 2.75) is 37.3 Å². The van der Waals surface area contributed by atoms with Crippen molar-refractivity contribution in [3.8, 4) is 0 Å². The van der Waals surface area contributed by atoms with Crippen molar-refractivity contribution in [3.05, 3.63) is 64.9 Å². The number of halogens is 7. The number of alkyl halides is 6. The van der Waals surface area contributed by atoms with E-state index < -0.39 is 24.3 Å². The molecule has 0 bridgehead atoms. The van der Waals surface area contributed by atoms with Crippen molar-refractivity contribution in [2.24, 2.45) is 11.8 Å². The molecule has 3 aliphatic heterocycles. The van der Waals surface area contributed by atoms with E-state index >= 15 is 0 Å². The lowest BCUT2D eigenvalue weighted by atomic mass is 9.75. The summed E-state index contributed by atoms with van der Waals surface area (Å²) in [5.41, 5.74) is 1.60. The first-order chi connectivity index (χ1) is 20.4. The summed E-state index contributed by atoms with van der Waals surface area (Å²) in [4.78, 5) is 51.9. The Morgan fingerprint density at radius 3 is 2.07 bits per heavy atom. The molecule has 5 rings (SSSR count). The molecule has 3 fully saturated rings. The van der Waals surface area contributed by atoms with Gasteiger partial charge >= 0.3 is 24.3 Å². The summed E-state index contributed by atoms with van der Waals surface area (Å²) in [6, 6.07) is 11.1. The van der Waals surface area contributed by atoms with E-state index in [0.717, 1.165) is 32.5 Å². The molecule has 1 aromatic carbocycles. The zero-order valence-electron chi connectivity index (χ0n) is 22.7. The number of aromatic nitrogens is 1. The smallest absolute Gasteiger partial charge is 0.475 e. The number of carbonyl (C=O) groups excluding carboxylic acids is 2. The van der Waals surface area contributed by atoms with Crippen LogP contribution in [-0.2, 0) is 20.9 Å². The fraction of sp³-hybridized carbons (Fsp3) is 0.444. The molecule has 0 aliphatic carbocycles. The van der Waals surface area contributed by atoms with Crippen molar-refractivity contribution in [1.82, 2.24) is 20.1 Å². The first-order valence-corrected chi connectivity index (χ1v) is 13.4. The van der Waals surface area contributed by atoms with Gasteiger partial charge in [-0.2, -0.15) is 26.3 Å². The monoisotopic (exact) mass is 652 g/mol. The molecule has 3 aliphatic rings. The van der Waals surface area contributed by atoms with Crippen molar-refractivity contribution in [1.29, 1.82) is 0 Å². The summed E-state index contributed by atoms with van der Waals surface area (Å²) < 4.78 is 63.5. The van der Waals surface area contributed by atoms with Crippen molar-refractivity contribution in [2.75, 3.05) is 26.2 Å². The van der Waals surface area contributed by atoms with Gasteiger partial charge in [-0.1, -0.05) is 23.7 Å². The lowest BCUT2D eigenvalue weighted by molar-refractivity contribution is -0.193. The number of rotatable bonds is 3. The number of amides is 2. The van der Waals surface area contributed by atoms with Gasteiger partial charge in [0.05, 0.1) is 5.92 Å². The number of carboxylic acid groups (broad SMARTS) is 2. The number of carboxylic acids is 2. The van der Waals surface area contributed by atoms with Crippen LogP contribution in [0.15, 0.2) is 48.8 Å². The van der Waals surface area contributed by atoms with Gasteiger partial charge in [-0.15, -0.1) is 0 Å². The Hall–Kier alpha value is -3.92. The molecule has 2 atom stereocenters. The van der Waals surface area contributed by atoms with E-state index in [1.54, 1.807) is 30.5 Å². The minimum Gasteiger partial charge on any atom is -0.475 e. The topological polar surface area (TPSA) is 140 Å². The van der Waals surface area contributed by atoms with Gasteiger partial charge in [0.2, 0.25) is 5.91 Å². The van der Waals surface area contributed by atoms with Crippen LogP contribution >= 0.6 is 11.6 Å². The molecule has 17 heteroatoms. The maximum Gasteiger partial charge on any atom is 0.490 e. The van der Waals surface area contributed by atoms with E-state index in [-0.39, 0.29) is 23.3 Å². The predicted octanol–water partition coefficient (Wildman–Crippen LogP) is 3.85. The molecule has 0 saturated carbocycles. The Morgan fingerprint density at radius 2 is 1.57 bits per heavy atom. The van der Waals surface area contributed by atoms with Crippen molar-refractivity contribution >= 4 is 35.4 Å². The SMILES string of the molecule is O=C(O)C(F)(F)F.O=C(O)C(F)(F)F.O=C1NC2(CCN(C(=O)c3cccc(Cl)c3)CC2)[C@@H]2CN(Cc3cccnc3)C[C@H]12. The van der Waals surface area contributed by atoms with Gasteiger partial charge in [-0.05, 0) is 42.7 Å². The molecule has 3 saturated heterocycles. The standard InChI is InChI=1S/C23H25ClN4O2.2C2HF3O2/c24-18-5-1-4-17(11-18)22(30)28-9-6-23(7-10-28)20-15-27(14-19(20)21(29)26-23)13-16-3-2-8-25-12-16;2*3-2(4,5)1(6)7/h1-5,8,11-12,19-20H,6-7,9-10,13-15H2,(H,26,29);2*(H,6,7)/t19-,20+;;/m0../s1. The highest BCUT2D eigenvalue weighted by molar-refractivity contribution is 6.30. The van der Waals surface area contributed by atoms with E-state index in [1.165, 1.54) is 5.56 Å². The second-order valence-electron chi connectivity index (χ2n) is 10.3. The third-order valence-electron chi connectivity index (χ3n) is 7.44. The first-order valence-electron chi connectivity index (χ1n) is 13.0. The van der Waals surface area contributed by atoms with Gasteiger partial charge in [-0.3, -0.25) is 19.5 Å². The average molecular weight is 653 g/mol. The van der Waals surface area contributed by atoms with E-state index in [1.807, 2.05) is 17.2 Å². The van der Waals surface area contributed by atoms with Crippen LogP contribution in [0, 0.1) is 11.8 Å². The molecule has 44 heavy (non-hydrogen) atoms. The number of hydrogen-bond donors (Lipinski definition) is 3. The lowest BCUT2D eigenvalue weighted by Gasteiger charge is -2.42. The van der Waals surface area contributed by atoms with Gasteiger partial charge in [0.1, 0.15) is 0 Å². The zero-order valence-corrected chi connectivity index (χ0v) is 23.5. The largest absolute Gasteiger partial charge is 0.490 e. The van der Waals surface area contributed by atoms with E-state index in [9.17, 15) is 35.9 Å². The van der Waals surface area contributed by atoms with Crippen LogP contribution < -0.4 is 5.32 Å². The summed E-state index contributed by atoms with van der Waals surface area (Å²) in [6.45, 7) is 3.82. The number of nitrogens with one attached hydrogen (secondary N) is 1. The number of nitrogens with zero attached hydrogens (tertiary/aromatic N) is 3. The predicted molar refractivity (Wildman–Crippen MR) is 141 cm³/mol. The molecular formula is C27H27ClF6N4O6. The highest BCUT2D eigenvalue weighted by Crippen LogP contribution is 2.44. The molecule has 1 spiro atoms. The Kier molecular flexibility index (Phi) is 10.8. The molecule has 4 heterocycles. The number of hydrogen-bond acceptors (Lipinski definition) is 6. The highest BCUT2D eigenvalue weighted by atomic mass is 35.5. The summed E-state index contributed by atoms with van der Waals surface area (Å²) in [6.07, 6.45) is -4.90. The van der Waals surface area contributed by atoms with E-state index in [4.69, 9.17) is 31.4 Å². The number of piperidine rings is 1. The number of fused-ring (bicyclic) bond motifs is 2. The van der Waals surface area contributed by atoms with Gasteiger partial charge in [0.15, 0.2) is 0 Å². The molecule has 10 nitrogen and oxygen atoms in total. The third kappa shape index (κ3) is 8.81. The number of pyridine rings is 1. The minimum absolute atomic E-state index is 0.0119. The second-order valence-corrected chi connectivity index (χ2v) is 10.8. The number of benzene rings is 1. The molecular weight excluding hydrogens is 626 g/mol. The summed E-state index contributed by atoms with van der Waals surface area (Å²) in [7, 11) is 0. The molecule has 0 unspecified atom stereocenters. The van der Waals surface area contributed by atoms with Gasteiger partial charge < -0.3 is 20.4 Å². The Morgan fingerprint density at radius 1 is 0.977 bits per heavy atom. The minimum atomic E-state index is -5.08. The third-order valence-corrected chi connectivity index (χ3v) is 7.68. The van der Waals surface area contributed by atoms with E-state index in [2.05, 4.69) is 21.3 Å². The van der Waals surface area contributed by atoms with Crippen LogP contribution in [0.1, 0.15) is 28.8 Å². The molecule has 2 amide bonds. The number of aliphatic carboxylic acids is 2. The lowest BCUT2D eigenvalue weighted by Crippen LogP contribution is -2.56. The average Bonchev–Trinajstić information content (AvgIpc) is 3.47. The highest BCUT2D eigenvalue weighted by Gasteiger charge is 2.57. The van der Waals surface area contributed by atoms with Crippen LogP contribution in [0.3, 0.4) is 0 Å². The second kappa shape index (κ2) is 13.8. The van der Waals surface area contributed by atoms with Crippen LogP contribution in [-0.4, -0.2) is 92.8 Å². The first kappa shape index (κ1) is 34.6.